The fraction of sp³-hybridized carbons (Fsp3) is 0.111. The molecule has 1 aromatic rings. The maximum atomic E-state index is 11.1. The first-order valence-corrected chi connectivity index (χ1v) is 4.03. The van der Waals surface area contributed by atoms with Gasteiger partial charge in [0.1, 0.15) is 0 Å². The predicted octanol–water partition coefficient (Wildman–Crippen LogP) is 1.61. The highest BCUT2D eigenvalue weighted by molar-refractivity contribution is 6.27. The van der Waals surface area contributed by atoms with Gasteiger partial charge in [-0.1, -0.05) is 29.8 Å². The van der Waals surface area contributed by atoms with Crippen LogP contribution in [0.4, 0.5) is 0 Å². The van der Waals surface area contributed by atoms with Crippen LogP contribution in [0.15, 0.2) is 30.3 Å². The van der Waals surface area contributed by atoms with E-state index in [1.807, 2.05) is 0 Å². The Morgan fingerprint density at radius 1 is 1.38 bits per heavy atom. The number of carbonyl (C=O) groups excluding carboxylic acids is 2. The van der Waals surface area contributed by atoms with Crippen LogP contribution in [-0.4, -0.2) is 17.8 Å². The zero-order chi connectivity index (χ0) is 9.68. The Kier molecular flexibility index (Phi) is 3.46. The smallest absolute Gasteiger partial charge is 0.339 e. The number of rotatable bonds is 3. The normalized spacial score (nSPS) is 11.8. The highest BCUT2D eigenvalue weighted by Gasteiger charge is 2.11. The van der Waals surface area contributed by atoms with Crippen LogP contribution >= 0.6 is 11.6 Å². The van der Waals surface area contributed by atoms with Gasteiger partial charge in [-0.3, -0.25) is 4.79 Å². The van der Waals surface area contributed by atoms with Crippen molar-refractivity contribution in [2.45, 2.75) is 5.56 Å². The van der Waals surface area contributed by atoms with Crippen molar-refractivity contribution in [1.82, 2.24) is 0 Å². The third-order valence-corrected chi connectivity index (χ3v) is 1.53. The van der Waals surface area contributed by atoms with Gasteiger partial charge in [0.25, 0.3) is 0 Å². The van der Waals surface area contributed by atoms with E-state index in [2.05, 4.69) is 4.74 Å². The number of carbonyl (C=O) groups is 2. The summed E-state index contributed by atoms with van der Waals surface area (Å²) in [5.74, 6) is -0.604. The maximum absolute atomic E-state index is 11.1. The molecule has 0 aliphatic rings. The number of alkyl halides is 1. The number of esters is 1. The lowest BCUT2D eigenvalue weighted by atomic mass is 10.2. The summed E-state index contributed by atoms with van der Waals surface area (Å²) in [5.41, 5.74) is -0.845. The summed E-state index contributed by atoms with van der Waals surface area (Å²) < 4.78 is 4.54. The Balaban J connectivity index is 2.64. The van der Waals surface area contributed by atoms with E-state index in [-0.39, 0.29) is 0 Å². The van der Waals surface area contributed by atoms with E-state index in [0.717, 1.165) is 0 Å². The molecule has 1 aromatic carbocycles. The minimum atomic E-state index is -1.22. The van der Waals surface area contributed by atoms with Crippen LogP contribution in [0, 0.1) is 0 Å². The van der Waals surface area contributed by atoms with Gasteiger partial charge in [-0.15, -0.1) is 0 Å². The second kappa shape index (κ2) is 4.62. The third kappa shape index (κ3) is 2.87. The van der Waals surface area contributed by atoms with Gasteiger partial charge in [-0.2, -0.15) is 0 Å². The second-order valence-electron chi connectivity index (χ2n) is 2.26. The van der Waals surface area contributed by atoms with Crippen LogP contribution in [-0.2, 0) is 9.53 Å². The average Bonchev–Trinajstić information content (AvgIpc) is 2.19. The van der Waals surface area contributed by atoms with Gasteiger partial charge in [0.05, 0.1) is 5.56 Å². The molecule has 0 N–H and O–H groups in total. The van der Waals surface area contributed by atoms with Gasteiger partial charge in [-0.25, -0.2) is 4.79 Å². The lowest BCUT2D eigenvalue weighted by Gasteiger charge is -2.04. The SMILES string of the molecule is O=CC(Cl)OC(=O)c1ccccc1. The Morgan fingerprint density at radius 2 is 2.00 bits per heavy atom. The molecule has 0 heterocycles. The van der Waals surface area contributed by atoms with Gasteiger partial charge in [-0.05, 0) is 12.1 Å². The molecular weight excluding hydrogens is 192 g/mol. The van der Waals surface area contributed by atoms with Crippen LogP contribution in [0.1, 0.15) is 10.4 Å². The predicted molar refractivity (Wildman–Crippen MR) is 47.6 cm³/mol. The second-order valence-corrected chi connectivity index (χ2v) is 2.69. The summed E-state index contributed by atoms with van der Waals surface area (Å²) in [6, 6.07) is 8.32. The summed E-state index contributed by atoms with van der Waals surface area (Å²) in [5, 5.41) is 0. The average molecular weight is 199 g/mol. The lowest BCUT2D eigenvalue weighted by Crippen LogP contribution is -2.13. The van der Waals surface area contributed by atoms with E-state index < -0.39 is 11.5 Å². The zero-order valence-corrected chi connectivity index (χ0v) is 7.40. The van der Waals surface area contributed by atoms with Crippen molar-refractivity contribution in [3.05, 3.63) is 35.9 Å². The minimum absolute atomic E-state index is 0.350. The van der Waals surface area contributed by atoms with Gasteiger partial charge in [0.2, 0.25) is 5.56 Å². The van der Waals surface area contributed by atoms with Gasteiger partial charge >= 0.3 is 5.97 Å². The molecule has 0 aromatic heterocycles. The van der Waals surface area contributed by atoms with Crippen molar-refractivity contribution in [2.75, 3.05) is 0 Å². The topological polar surface area (TPSA) is 43.4 Å². The van der Waals surface area contributed by atoms with E-state index in [4.69, 9.17) is 11.6 Å². The summed E-state index contributed by atoms with van der Waals surface area (Å²) in [6.07, 6.45) is 0.350. The van der Waals surface area contributed by atoms with Crippen LogP contribution in [0.3, 0.4) is 0 Å². The van der Waals surface area contributed by atoms with Crippen molar-refractivity contribution in [3.8, 4) is 0 Å². The van der Waals surface area contributed by atoms with Gasteiger partial charge in [0, 0.05) is 0 Å². The summed E-state index contributed by atoms with van der Waals surface area (Å²) in [6.45, 7) is 0. The molecule has 0 radical (unpaired) electrons. The van der Waals surface area contributed by atoms with Gasteiger partial charge < -0.3 is 4.74 Å². The number of hydrogen-bond donors (Lipinski definition) is 0. The molecule has 13 heavy (non-hydrogen) atoms. The van der Waals surface area contributed by atoms with E-state index >= 15 is 0 Å². The fourth-order valence-electron chi connectivity index (χ4n) is 0.772. The molecule has 4 heteroatoms. The molecule has 1 unspecified atom stereocenters. The number of ether oxygens (including phenoxy) is 1. The highest BCUT2D eigenvalue weighted by Crippen LogP contribution is 2.04. The molecule has 0 spiro atoms. The first-order chi connectivity index (χ1) is 6.24. The summed E-state index contributed by atoms with van der Waals surface area (Å²) >= 11 is 5.30. The van der Waals surface area contributed by atoms with E-state index in [0.29, 0.717) is 11.8 Å². The van der Waals surface area contributed by atoms with Crippen molar-refractivity contribution in [2.24, 2.45) is 0 Å². The molecular formula is C9H7ClO3. The maximum Gasteiger partial charge on any atom is 0.339 e. The molecule has 3 nitrogen and oxygen atoms in total. The molecule has 0 bridgehead atoms. The van der Waals surface area contributed by atoms with E-state index in [9.17, 15) is 9.59 Å². The minimum Gasteiger partial charge on any atom is -0.435 e. The lowest BCUT2D eigenvalue weighted by molar-refractivity contribution is -0.112. The monoisotopic (exact) mass is 198 g/mol. The van der Waals surface area contributed by atoms with Crippen molar-refractivity contribution in [3.63, 3.8) is 0 Å². The zero-order valence-electron chi connectivity index (χ0n) is 6.64. The van der Waals surface area contributed by atoms with Crippen LogP contribution < -0.4 is 0 Å². The van der Waals surface area contributed by atoms with E-state index in [1.165, 1.54) is 0 Å². The first kappa shape index (κ1) is 9.74. The van der Waals surface area contributed by atoms with Crippen LogP contribution in [0.5, 0.6) is 0 Å². The highest BCUT2D eigenvalue weighted by atomic mass is 35.5. The number of benzene rings is 1. The standard InChI is InChI=1S/C9H7ClO3/c10-8(6-11)13-9(12)7-4-2-1-3-5-7/h1-6,8H. The molecule has 0 amide bonds. The molecule has 0 saturated heterocycles. The Morgan fingerprint density at radius 3 is 2.54 bits per heavy atom. The first-order valence-electron chi connectivity index (χ1n) is 3.59. The van der Waals surface area contributed by atoms with Crippen molar-refractivity contribution < 1.29 is 14.3 Å². The Labute approximate surface area is 80.3 Å². The Hall–Kier alpha value is -1.35. The molecule has 68 valence electrons. The van der Waals surface area contributed by atoms with Crippen LogP contribution in [0.2, 0.25) is 0 Å². The molecule has 1 rings (SSSR count). The van der Waals surface area contributed by atoms with E-state index in [1.54, 1.807) is 30.3 Å². The fourth-order valence-corrected chi connectivity index (χ4v) is 0.853. The quantitative estimate of drug-likeness (QED) is 0.421. The molecule has 0 aliphatic heterocycles. The summed E-state index contributed by atoms with van der Waals surface area (Å²) in [4.78, 5) is 21.2. The molecule has 0 saturated carbocycles. The molecule has 0 fully saturated rings. The largest absolute Gasteiger partial charge is 0.435 e. The van der Waals surface area contributed by atoms with Crippen molar-refractivity contribution in [1.29, 1.82) is 0 Å². The van der Waals surface area contributed by atoms with Crippen molar-refractivity contribution >= 4 is 23.9 Å². The van der Waals surface area contributed by atoms with Crippen LogP contribution in [0.25, 0.3) is 0 Å². The third-order valence-electron chi connectivity index (χ3n) is 1.34. The number of aldehydes is 1. The Bertz CT molecular complexity index is 297. The number of hydrogen-bond acceptors (Lipinski definition) is 3. The molecule has 1 atom stereocenters. The number of halogens is 1. The summed E-state index contributed by atoms with van der Waals surface area (Å²) in [7, 11) is 0. The van der Waals surface area contributed by atoms with Gasteiger partial charge in [0.15, 0.2) is 6.29 Å². The molecule has 0 aliphatic carbocycles.